The molecule has 0 radical (unpaired) electrons. The third-order valence-electron chi connectivity index (χ3n) is 2.29. The summed E-state index contributed by atoms with van der Waals surface area (Å²) in [4.78, 5) is 0. The van der Waals surface area contributed by atoms with Gasteiger partial charge in [0.25, 0.3) is 0 Å². The Bertz CT molecular complexity index is 686. The Morgan fingerprint density at radius 1 is 0.818 bits per heavy atom. The van der Waals surface area contributed by atoms with Crippen LogP contribution >= 0.6 is 83.4 Å². The number of phosphoric acid groups is 1. The molecule has 0 aliphatic carbocycles. The lowest BCUT2D eigenvalue weighted by molar-refractivity contribution is 0.306. The predicted molar refractivity (Wildman–Crippen MR) is 99.5 cm³/mol. The number of halogens is 5. The first-order valence-corrected chi connectivity index (χ1v) is 10.5. The van der Waals surface area contributed by atoms with Gasteiger partial charge in [0.1, 0.15) is 11.5 Å². The van der Waals surface area contributed by atoms with Crippen molar-refractivity contribution in [2.24, 2.45) is 0 Å². The third kappa shape index (κ3) is 4.97. The molecule has 0 aromatic heterocycles. The fourth-order valence-corrected chi connectivity index (χ4v) is 4.01. The second-order valence-corrected chi connectivity index (χ2v) is 9.20. The number of benzene rings is 2. The molecule has 2 rings (SSSR count). The van der Waals surface area contributed by atoms with Gasteiger partial charge in [-0.15, -0.1) is 0 Å². The Morgan fingerprint density at radius 2 is 1.23 bits per heavy atom. The van der Waals surface area contributed by atoms with E-state index in [2.05, 4.69) is 67.8 Å². The smallest absolute Gasteiger partial charge is 0.393 e. The average molecular weight is 600 g/mol. The molecule has 0 saturated carbocycles. The summed E-state index contributed by atoms with van der Waals surface area (Å²) >= 11 is 18.5. The minimum Gasteiger partial charge on any atom is -0.393 e. The van der Waals surface area contributed by atoms with Gasteiger partial charge in [0.05, 0.1) is 20.8 Å². The van der Waals surface area contributed by atoms with E-state index in [9.17, 15) is 4.57 Å². The van der Waals surface area contributed by atoms with E-state index in [1.165, 1.54) is 0 Å². The van der Waals surface area contributed by atoms with Crippen LogP contribution in [0, 0.1) is 0 Å². The van der Waals surface area contributed by atoms with Crippen LogP contribution in [0.5, 0.6) is 11.5 Å². The van der Waals surface area contributed by atoms with Crippen molar-refractivity contribution in [1.82, 2.24) is 0 Å². The average Bonchev–Trinajstić information content (AvgIpc) is 2.47. The van der Waals surface area contributed by atoms with E-state index in [-0.39, 0.29) is 11.5 Å². The SMILES string of the molecule is O=P(OCl)(Oc1cc(Br)ccc1Br)Oc1cc(Br)ccc1Br. The van der Waals surface area contributed by atoms with Crippen molar-refractivity contribution in [1.29, 1.82) is 0 Å². The topological polar surface area (TPSA) is 44.8 Å². The summed E-state index contributed by atoms with van der Waals surface area (Å²) in [5, 5.41) is 0. The first-order valence-electron chi connectivity index (χ1n) is 5.52. The molecular weight excluding hydrogens is 594 g/mol. The summed E-state index contributed by atoms with van der Waals surface area (Å²) in [6, 6.07) is 10.2. The Hall–Kier alpha value is 0.440. The van der Waals surface area contributed by atoms with Crippen LogP contribution in [0.4, 0.5) is 0 Å². The van der Waals surface area contributed by atoms with Gasteiger partial charge in [-0.3, -0.25) is 0 Å². The molecule has 0 bridgehead atoms. The van der Waals surface area contributed by atoms with E-state index in [0.717, 1.165) is 8.95 Å². The van der Waals surface area contributed by atoms with Gasteiger partial charge in [0.2, 0.25) is 0 Å². The van der Waals surface area contributed by atoms with E-state index >= 15 is 0 Å². The molecule has 0 spiro atoms. The van der Waals surface area contributed by atoms with Crippen LogP contribution in [-0.2, 0) is 8.64 Å². The molecule has 22 heavy (non-hydrogen) atoms. The second-order valence-electron chi connectivity index (χ2n) is 3.85. The van der Waals surface area contributed by atoms with Crippen LogP contribution < -0.4 is 9.05 Å². The Kier molecular flexibility index (Phi) is 6.84. The minimum atomic E-state index is -4.07. The van der Waals surface area contributed by atoms with Crippen LogP contribution in [-0.4, -0.2) is 0 Å². The van der Waals surface area contributed by atoms with E-state index in [4.69, 9.17) is 20.9 Å². The van der Waals surface area contributed by atoms with E-state index in [0.29, 0.717) is 8.95 Å². The highest BCUT2D eigenvalue weighted by atomic mass is 79.9. The zero-order chi connectivity index (χ0) is 16.3. The maximum Gasteiger partial charge on any atom is 0.604 e. The van der Waals surface area contributed by atoms with E-state index in [1.54, 1.807) is 36.4 Å². The number of hydrogen-bond donors (Lipinski definition) is 0. The molecular formula is C12H6Br4ClO4P. The fraction of sp³-hybridized carbons (Fsp3) is 0. The number of rotatable bonds is 5. The van der Waals surface area contributed by atoms with Crippen molar-refractivity contribution in [2.45, 2.75) is 0 Å². The van der Waals surface area contributed by atoms with Gasteiger partial charge in [-0.2, -0.15) is 4.08 Å². The number of phosphoric ester groups is 1. The maximum atomic E-state index is 12.6. The van der Waals surface area contributed by atoms with Crippen molar-refractivity contribution in [3.05, 3.63) is 54.3 Å². The monoisotopic (exact) mass is 596 g/mol. The van der Waals surface area contributed by atoms with Crippen molar-refractivity contribution < 1.29 is 17.7 Å². The summed E-state index contributed by atoms with van der Waals surface area (Å²) in [6.07, 6.45) is 0. The molecule has 0 heterocycles. The van der Waals surface area contributed by atoms with Gasteiger partial charge in [-0.25, -0.2) is 4.57 Å². The lowest BCUT2D eigenvalue weighted by Crippen LogP contribution is -2.02. The first kappa shape index (κ1) is 18.8. The van der Waals surface area contributed by atoms with Gasteiger partial charge < -0.3 is 9.05 Å². The lowest BCUT2D eigenvalue weighted by Gasteiger charge is -2.17. The number of hydrogen-bond acceptors (Lipinski definition) is 4. The second kappa shape index (κ2) is 8.01. The van der Waals surface area contributed by atoms with E-state index < -0.39 is 7.82 Å². The normalized spacial score (nSPS) is 11.3. The summed E-state index contributed by atoms with van der Waals surface area (Å²) < 4.78 is 30.3. The molecule has 0 amide bonds. The first-order chi connectivity index (χ1) is 10.3. The van der Waals surface area contributed by atoms with Gasteiger partial charge in [0.15, 0.2) is 0 Å². The Labute approximate surface area is 165 Å². The van der Waals surface area contributed by atoms with Crippen molar-refractivity contribution in [2.75, 3.05) is 0 Å². The highest BCUT2D eigenvalue weighted by Gasteiger charge is 2.32. The minimum absolute atomic E-state index is 0.254. The summed E-state index contributed by atoms with van der Waals surface area (Å²) in [5.41, 5.74) is 0. The van der Waals surface area contributed by atoms with Crippen LogP contribution in [0.25, 0.3) is 0 Å². The fourth-order valence-electron chi connectivity index (χ4n) is 1.38. The largest absolute Gasteiger partial charge is 0.604 e. The van der Waals surface area contributed by atoms with E-state index in [1.807, 2.05) is 0 Å². The zero-order valence-corrected chi connectivity index (χ0v) is 18.4. The van der Waals surface area contributed by atoms with Crippen LogP contribution in [0.15, 0.2) is 54.3 Å². The van der Waals surface area contributed by atoms with Crippen molar-refractivity contribution in [3.8, 4) is 11.5 Å². The standard InChI is InChI=1S/C12H6Br4ClO4P/c13-7-1-3-9(15)11(5-7)19-22(18,21-17)20-12-6-8(14)2-4-10(12)16/h1-6H. The third-order valence-corrected chi connectivity index (χ3v) is 6.10. The lowest BCUT2D eigenvalue weighted by atomic mass is 10.3. The summed E-state index contributed by atoms with van der Waals surface area (Å²) in [6.45, 7) is 0. The van der Waals surface area contributed by atoms with Crippen LogP contribution in [0.3, 0.4) is 0 Å². The Balaban J connectivity index is 2.30. The quantitative estimate of drug-likeness (QED) is 0.334. The molecule has 0 saturated heterocycles. The van der Waals surface area contributed by atoms with Crippen molar-refractivity contribution >= 4 is 83.4 Å². The molecule has 4 nitrogen and oxygen atoms in total. The van der Waals surface area contributed by atoms with Crippen molar-refractivity contribution in [3.63, 3.8) is 0 Å². The molecule has 0 N–H and O–H groups in total. The molecule has 118 valence electrons. The van der Waals surface area contributed by atoms with Crippen LogP contribution in [0.2, 0.25) is 0 Å². The van der Waals surface area contributed by atoms with Gasteiger partial charge in [0, 0.05) is 8.95 Å². The Morgan fingerprint density at radius 3 is 1.59 bits per heavy atom. The van der Waals surface area contributed by atoms with Gasteiger partial charge >= 0.3 is 7.82 Å². The molecule has 10 heteroatoms. The molecule has 0 aliphatic rings. The highest BCUT2D eigenvalue weighted by molar-refractivity contribution is 9.11. The molecule has 0 aliphatic heterocycles. The van der Waals surface area contributed by atoms with Gasteiger partial charge in [-0.1, -0.05) is 31.9 Å². The molecule has 0 atom stereocenters. The predicted octanol–water partition coefficient (Wildman–Crippen LogP) is 7.47. The summed E-state index contributed by atoms with van der Waals surface area (Å²) in [5.74, 6) is 0.508. The molecule has 2 aromatic carbocycles. The molecule has 0 fully saturated rings. The van der Waals surface area contributed by atoms with Gasteiger partial charge in [-0.05, 0) is 68.3 Å². The highest BCUT2D eigenvalue weighted by Crippen LogP contribution is 2.53. The maximum absolute atomic E-state index is 12.6. The van der Waals surface area contributed by atoms with Crippen LogP contribution in [0.1, 0.15) is 0 Å². The summed E-state index contributed by atoms with van der Waals surface area (Å²) in [7, 11) is -4.07. The molecule has 0 unspecified atom stereocenters. The molecule has 2 aromatic rings. The zero-order valence-electron chi connectivity index (χ0n) is 10.4.